The summed E-state index contributed by atoms with van der Waals surface area (Å²) in [5.41, 5.74) is 4.14. The average Bonchev–Trinajstić information content (AvgIpc) is 2.72. The summed E-state index contributed by atoms with van der Waals surface area (Å²) in [7, 11) is 0. The van der Waals surface area contributed by atoms with Crippen molar-refractivity contribution in [1.82, 2.24) is 0 Å². The van der Waals surface area contributed by atoms with Crippen molar-refractivity contribution < 1.29 is 9.18 Å². The molecule has 0 amide bonds. The van der Waals surface area contributed by atoms with Gasteiger partial charge in [-0.05, 0) is 41.7 Å². The molecule has 0 saturated heterocycles. The van der Waals surface area contributed by atoms with Crippen LogP contribution < -0.4 is 10.6 Å². The number of anilines is 2. The topological polar surface area (TPSA) is 41.1 Å². The maximum absolute atomic E-state index is 13.7. The maximum Gasteiger partial charge on any atom is 0.163 e. The van der Waals surface area contributed by atoms with Gasteiger partial charge < -0.3 is 10.6 Å². The Labute approximate surface area is 157 Å². The van der Waals surface area contributed by atoms with Crippen molar-refractivity contribution in [2.45, 2.75) is 32.7 Å². The lowest BCUT2D eigenvalue weighted by Gasteiger charge is -2.34. The van der Waals surface area contributed by atoms with E-state index in [2.05, 4.69) is 24.5 Å². The molecule has 1 heterocycles. The Bertz CT molecular complexity index is 935. The Balaban J connectivity index is 1.89. The molecule has 1 aliphatic carbocycles. The number of hydrogen-bond donors (Lipinski definition) is 2. The molecule has 0 radical (unpaired) electrons. The Morgan fingerprint density at radius 1 is 1.12 bits per heavy atom. The number of halogens is 2. The fourth-order valence-corrected chi connectivity index (χ4v) is 4.02. The van der Waals surface area contributed by atoms with Gasteiger partial charge in [-0.25, -0.2) is 4.39 Å². The van der Waals surface area contributed by atoms with Crippen LogP contribution >= 0.6 is 11.6 Å². The van der Waals surface area contributed by atoms with Crippen LogP contribution in [0.3, 0.4) is 0 Å². The Hall–Kier alpha value is -2.33. The number of rotatable bonds is 1. The summed E-state index contributed by atoms with van der Waals surface area (Å²) in [4.78, 5) is 13.0. The van der Waals surface area contributed by atoms with E-state index in [1.54, 1.807) is 12.1 Å². The quantitative estimate of drug-likeness (QED) is 0.676. The first-order valence-electron chi connectivity index (χ1n) is 8.68. The van der Waals surface area contributed by atoms with Crippen LogP contribution in [-0.4, -0.2) is 5.78 Å². The van der Waals surface area contributed by atoms with E-state index in [1.165, 1.54) is 6.07 Å². The zero-order valence-electron chi connectivity index (χ0n) is 14.7. The van der Waals surface area contributed by atoms with Crippen LogP contribution in [-0.2, 0) is 4.79 Å². The zero-order valence-corrected chi connectivity index (χ0v) is 15.5. The average molecular weight is 371 g/mol. The van der Waals surface area contributed by atoms with Crippen molar-refractivity contribution in [3.63, 3.8) is 0 Å². The van der Waals surface area contributed by atoms with Crippen molar-refractivity contribution in [1.29, 1.82) is 0 Å². The van der Waals surface area contributed by atoms with Crippen LogP contribution in [0.5, 0.6) is 0 Å². The minimum absolute atomic E-state index is 0.0560. The Morgan fingerprint density at radius 2 is 1.85 bits per heavy atom. The third-order valence-corrected chi connectivity index (χ3v) is 5.29. The molecular weight excluding hydrogens is 351 g/mol. The molecule has 1 atom stereocenters. The normalized spacial score (nSPS) is 21.2. The highest BCUT2D eigenvalue weighted by Gasteiger charge is 2.38. The number of allylic oxidation sites excluding steroid dienone is 1. The summed E-state index contributed by atoms with van der Waals surface area (Å²) in [6.07, 6.45) is 1.26. The molecule has 5 heteroatoms. The molecule has 2 aromatic rings. The van der Waals surface area contributed by atoms with E-state index >= 15 is 0 Å². The van der Waals surface area contributed by atoms with Gasteiger partial charge in [0.1, 0.15) is 5.82 Å². The van der Waals surface area contributed by atoms with Gasteiger partial charge in [0.15, 0.2) is 5.78 Å². The molecule has 26 heavy (non-hydrogen) atoms. The standard InChI is InChI=1S/C21H20ClFN2O/c1-21(2)10-17-19(18(26)11-21)20(12-7-8-14(23)13(22)9-12)25-16-6-4-3-5-15(16)24-17/h3-9,20,24-25H,10-11H2,1-2H3. The van der Waals surface area contributed by atoms with E-state index in [9.17, 15) is 9.18 Å². The molecule has 0 bridgehead atoms. The third-order valence-electron chi connectivity index (χ3n) is 5.00. The molecule has 0 aromatic heterocycles. The van der Waals surface area contributed by atoms with Crippen LogP contribution in [0.4, 0.5) is 15.8 Å². The summed E-state index contributed by atoms with van der Waals surface area (Å²) in [6, 6.07) is 12.1. The Morgan fingerprint density at radius 3 is 2.58 bits per heavy atom. The van der Waals surface area contributed by atoms with Gasteiger partial charge in [-0.15, -0.1) is 0 Å². The summed E-state index contributed by atoms with van der Waals surface area (Å²) in [5, 5.41) is 6.98. The smallest absolute Gasteiger partial charge is 0.163 e. The van der Waals surface area contributed by atoms with Crippen molar-refractivity contribution in [3.8, 4) is 0 Å². The van der Waals surface area contributed by atoms with Crippen LogP contribution in [0, 0.1) is 11.2 Å². The summed E-state index contributed by atoms with van der Waals surface area (Å²) in [5.74, 6) is -0.359. The van der Waals surface area contributed by atoms with Gasteiger partial charge in [0, 0.05) is 17.7 Å². The lowest BCUT2D eigenvalue weighted by atomic mass is 9.73. The predicted octanol–water partition coefficient (Wildman–Crippen LogP) is 5.70. The number of Topliss-reactive ketones (excluding diaryl/α,β-unsaturated/α-hetero) is 1. The van der Waals surface area contributed by atoms with E-state index in [0.717, 1.165) is 29.1 Å². The summed E-state index contributed by atoms with van der Waals surface area (Å²) >= 11 is 6.01. The fourth-order valence-electron chi connectivity index (χ4n) is 3.83. The molecule has 4 rings (SSSR count). The molecule has 3 nitrogen and oxygen atoms in total. The molecule has 134 valence electrons. The second-order valence-corrected chi connectivity index (χ2v) is 8.16. The number of hydrogen-bond acceptors (Lipinski definition) is 3. The summed E-state index contributed by atoms with van der Waals surface area (Å²) in [6.45, 7) is 4.20. The molecule has 1 unspecified atom stereocenters. The van der Waals surface area contributed by atoms with E-state index in [-0.39, 0.29) is 22.3 Å². The molecule has 0 fully saturated rings. The number of benzene rings is 2. The minimum atomic E-state index is -0.465. The van der Waals surface area contributed by atoms with Gasteiger partial charge in [-0.1, -0.05) is 43.6 Å². The van der Waals surface area contributed by atoms with E-state index < -0.39 is 5.82 Å². The number of fused-ring (bicyclic) bond motifs is 1. The lowest BCUT2D eigenvalue weighted by Crippen LogP contribution is -2.31. The first-order valence-corrected chi connectivity index (χ1v) is 9.06. The van der Waals surface area contributed by atoms with E-state index in [0.29, 0.717) is 12.0 Å². The van der Waals surface area contributed by atoms with E-state index in [4.69, 9.17) is 11.6 Å². The van der Waals surface area contributed by atoms with Gasteiger partial charge in [0.2, 0.25) is 0 Å². The molecule has 2 aromatic carbocycles. The Kier molecular flexibility index (Phi) is 4.03. The van der Waals surface area contributed by atoms with Gasteiger partial charge in [-0.3, -0.25) is 4.79 Å². The first-order chi connectivity index (χ1) is 12.3. The van der Waals surface area contributed by atoms with Gasteiger partial charge in [-0.2, -0.15) is 0 Å². The number of ketones is 1. The van der Waals surface area contributed by atoms with Gasteiger partial charge in [0.25, 0.3) is 0 Å². The highest BCUT2D eigenvalue weighted by atomic mass is 35.5. The number of para-hydroxylation sites is 2. The molecule has 0 spiro atoms. The number of carbonyl (C=O) groups excluding carboxylic acids is 1. The highest BCUT2D eigenvalue weighted by molar-refractivity contribution is 6.30. The summed E-state index contributed by atoms with van der Waals surface area (Å²) < 4.78 is 13.7. The van der Waals surface area contributed by atoms with Crippen LogP contribution in [0.15, 0.2) is 53.7 Å². The van der Waals surface area contributed by atoms with Crippen molar-refractivity contribution in [2.24, 2.45) is 5.41 Å². The van der Waals surface area contributed by atoms with Crippen molar-refractivity contribution >= 4 is 28.8 Å². The highest BCUT2D eigenvalue weighted by Crippen LogP contribution is 2.45. The number of nitrogens with one attached hydrogen (secondary N) is 2. The SMILES string of the molecule is CC1(C)CC(=O)C2=C(C1)Nc1ccccc1NC2c1ccc(F)c(Cl)c1. The van der Waals surface area contributed by atoms with Crippen LogP contribution in [0.25, 0.3) is 0 Å². The predicted molar refractivity (Wildman–Crippen MR) is 103 cm³/mol. The van der Waals surface area contributed by atoms with Gasteiger partial charge in [0.05, 0.1) is 22.4 Å². The third kappa shape index (κ3) is 2.99. The van der Waals surface area contributed by atoms with E-state index in [1.807, 2.05) is 24.3 Å². The van der Waals surface area contributed by atoms with Crippen LogP contribution in [0.2, 0.25) is 5.02 Å². The molecule has 2 N–H and O–H groups in total. The largest absolute Gasteiger partial charge is 0.372 e. The second-order valence-electron chi connectivity index (χ2n) is 7.75. The van der Waals surface area contributed by atoms with Crippen molar-refractivity contribution in [2.75, 3.05) is 10.6 Å². The molecular formula is C21H20ClFN2O. The fraction of sp³-hybridized carbons (Fsp3) is 0.286. The number of carbonyl (C=O) groups is 1. The monoisotopic (exact) mass is 370 g/mol. The lowest BCUT2D eigenvalue weighted by molar-refractivity contribution is -0.118. The second kappa shape index (κ2) is 6.13. The van der Waals surface area contributed by atoms with Crippen LogP contribution in [0.1, 0.15) is 38.3 Å². The zero-order chi connectivity index (χ0) is 18.5. The minimum Gasteiger partial charge on any atom is -0.372 e. The first kappa shape index (κ1) is 17.1. The molecule has 2 aliphatic rings. The van der Waals surface area contributed by atoms with Crippen molar-refractivity contribution in [3.05, 3.63) is 70.1 Å². The maximum atomic E-state index is 13.7. The molecule has 0 saturated carbocycles. The molecule has 1 aliphatic heterocycles. The van der Waals surface area contributed by atoms with Gasteiger partial charge >= 0.3 is 0 Å².